The summed E-state index contributed by atoms with van der Waals surface area (Å²) < 4.78 is 106. The number of fused-ring (bicyclic) bond motifs is 3. The fourth-order valence-corrected chi connectivity index (χ4v) is 10.6. The normalized spacial score (nSPS) is 21.1. The lowest BCUT2D eigenvalue weighted by Gasteiger charge is -2.38. The van der Waals surface area contributed by atoms with E-state index in [0.29, 0.717) is 48.5 Å². The molecule has 0 aliphatic carbocycles. The predicted molar refractivity (Wildman–Crippen MR) is 255 cm³/mol. The van der Waals surface area contributed by atoms with Crippen LogP contribution in [0.2, 0.25) is 0 Å². The van der Waals surface area contributed by atoms with Crippen LogP contribution in [0.15, 0.2) is 66.9 Å². The molecule has 2 bridgehead atoms. The number of carbonyl (C=O) groups excluding carboxylic acids is 1. The van der Waals surface area contributed by atoms with Crippen LogP contribution in [0.3, 0.4) is 0 Å². The molecule has 6 aromatic rings. The summed E-state index contributed by atoms with van der Waals surface area (Å²) in [5.74, 6) is -2.61. The van der Waals surface area contributed by atoms with Crippen molar-refractivity contribution in [2.45, 2.75) is 75.7 Å². The summed E-state index contributed by atoms with van der Waals surface area (Å²) in [5.41, 5.74) is -0.109. The summed E-state index contributed by atoms with van der Waals surface area (Å²) in [4.78, 5) is 35.6. The summed E-state index contributed by atoms with van der Waals surface area (Å²) in [6.45, 7) is 6.10. The number of phenols is 2. The minimum absolute atomic E-state index is 0.00703. The summed E-state index contributed by atoms with van der Waals surface area (Å²) in [6.07, 6.45) is -4.91. The highest BCUT2D eigenvalue weighted by molar-refractivity contribution is 5.93. The van der Waals surface area contributed by atoms with Crippen LogP contribution in [0, 0.1) is 5.82 Å². The Bertz CT molecular complexity index is 2990. The number of aromatic hydroxyl groups is 2. The van der Waals surface area contributed by atoms with Gasteiger partial charge in [0, 0.05) is 100 Å². The molecule has 73 heavy (non-hydrogen) atoms. The predicted octanol–water partition coefficient (Wildman–Crippen LogP) is 6.57. The van der Waals surface area contributed by atoms with Crippen molar-refractivity contribution < 1.29 is 50.5 Å². The molecule has 0 spiro atoms. The monoisotopic (exact) mass is 1020 g/mol. The average Bonchev–Trinajstić information content (AvgIpc) is 4.08. The van der Waals surface area contributed by atoms with Crippen LogP contribution in [-0.2, 0) is 19.1 Å². The van der Waals surface area contributed by atoms with E-state index in [-0.39, 0.29) is 70.8 Å². The number of rotatable bonds is 13. The van der Waals surface area contributed by atoms with Gasteiger partial charge in [0.15, 0.2) is 11.6 Å². The number of amides is 1. The van der Waals surface area contributed by atoms with Gasteiger partial charge in [-0.05, 0) is 68.1 Å². The van der Waals surface area contributed by atoms with E-state index in [1.165, 1.54) is 35.0 Å². The largest absolute Gasteiger partial charge is 0.508 e. The molecule has 3 aromatic carbocycles. The molecule has 16 nitrogen and oxygen atoms in total. The molecule has 2 unspecified atom stereocenters. The van der Waals surface area contributed by atoms with Crippen molar-refractivity contribution in [2.24, 2.45) is 0 Å². The Morgan fingerprint density at radius 1 is 0.890 bits per heavy atom. The lowest BCUT2D eigenvalue weighted by molar-refractivity contribution is -0.137. The molecule has 7 heterocycles. The van der Waals surface area contributed by atoms with E-state index >= 15 is 4.39 Å². The summed E-state index contributed by atoms with van der Waals surface area (Å²) in [6, 6.07) is 15.0. The highest BCUT2D eigenvalue weighted by Gasteiger charge is 2.39. The molecule has 1 amide bonds. The molecule has 23 heteroatoms. The maximum Gasteiger partial charge on any atom is 0.417 e. The lowest BCUT2D eigenvalue weighted by atomic mass is 10.0. The average molecular weight is 1020 g/mol. The van der Waals surface area contributed by atoms with Gasteiger partial charge >= 0.3 is 18.4 Å². The second-order valence-corrected chi connectivity index (χ2v) is 19.2. The number of phenolic OH excluding ortho intramolecular Hbond substituents is 2. The summed E-state index contributed by atoms with van der Waals surface area (Å²) >= 11 is 0. The quantitative estimate of drug-likeness (QED) is 0.0916. The van der Waals surface area contributed by atoms with Crippen molar-refractivity contribution in [2.75, 3.05) is 70.9 Å². The maximum absolute atomic E-state index is 16.6. The third-order valence-corrected chi connectivity index (χ3v) is 14.4. The number of benzene rings is 3. The number of nitrogens with zero attached hydrogens (tertiary/aromatic N) is 10. The number of hydrogen-bond acceptors (Lipinski definition) is 14. The van der Waals surface area contributed by atoms with Crippen molar-refractivity contribution in [1.29, 1.82) is 0 Å². The Morgan fingerprint density at radius 3 is 2.32 bits per heavy atom. The van der Waals surface area contributed by atoms with Crippen LogP contribution in [0.5, 0.6) is 17.5 Å². The van der Waals surface area contributed by atoms with Gasteiger partial charge in [-0.3, -0.25) is 29.0 Å². The van der Waals surface area contributed by atoms with Crippen LogP contribution in [0.1, 0.15) is 53.5 Å². The highest BCUT2D eigenvalue weighted by Crippen LogP contribution is 2.41. The van der Waals surface area contributed by atoms with Crippen LogP contribution in [0.4, 0.5) is 36.6 Å². The fourth-order valence-electron chi connectivity index (χ4n) is 10.6. The number of ether oxygens (including phenoxy) is 1. The van der Waals surface area contributed by atoms with Crippen LogP contribution < -0.4 is 20.3 Å². The van der Waals surface area contributed by atoms with Crippen molar-refractivity contribution in [1.82, 2.24) is 55.0 Å². The molecule has 4 aliphatic rings. The second kappa shape index (κ2) is 20.0. The van der Waals surface area contributed by atoms with Gasteiger partial charge in [-0.15, -0.1) is 10.2 Å². The first kappa shape index (κ1) is 49.9. The number of aromatic nitrogens is 6. The van der Waals surface area contributed by atoms with E-state index in [4.69, 9.17) is 9.72 Å². The Labute approximate surface area is 414 Å². The van der Waals surface area contributed by atoms with E-state index in [1.54, 1.807) is 19.1 Å². The minimum Gasteiger partial charge on any atom is -0.508 e. The molecule has 10 rings (SSSR count). The number of likely N-dealkylation sites (N-methyl/N-ethyl adjacent to an activating group) is 1. The fraction of sp³-hybridized carbons (Fsp3) is 0.440. The Morgan fingerprint density at radius 2 is 1.62 bits per heavy atom. The molecule has 0 saturated carbocycles. The molecule has 4 fully saturated rings. The zero-order valence-electron chi connectivity index (χ0n) is 39.9. The van der Waals surface area contributed by atoms with E-state index in [0.717, 1.165) is 69.7 Å². The number of anilines is 1. The SMILES string of the molecule is CCc1cc(-c2nnc(C(=O)NCC(F)(F)F)n2-c2ccc(CN3CCN([C@H]4C[C@@H](COc5nc(N6CC7CCC(C6)N7)c6cnc(-c7ccccc7C(F)(F)F)c(F)c6n5)N(C)C4)CC3)cc2)c(O)cc1O. The number of alkyl halides is 6. The highest BCUT2D eigenvalue weighted by atomic mass is 19.4. The molecular formula is C50H53F7N12O4. The molecule has 3 aromatic heterocycles. The number of nitrogens with one attached hydrogen (secondary N) is 2. The summed E-state index contributed by atoms with van der Waals surface area (Å²) in [7, 11) is 2.02. The number of hydrogen-bond donors (Lipinski definition) is 4. The van der Waals surface area contributed by atoms with Crippen LogP contribution in [0.25, 0.3) is 39.2 Å². The molecule has 4 saturated heterocycles. The van der Waals surface area contributed by atoms with Gasteiger partial charge in [0.1, 0.15) is 41.7 Å². The third-order valence-electron chi connectivity index (χ3n) is 14.4. The molecule has 0 radical (unpaired) electrons. The molecular weight excluding hydrogens is 966 g/mol. The van der Waals surface area contributed by atoms with Crippen molar-refractivity contribution in [3.63, 3.8) is 0 Å². The third kappa shape index (κ3) is 10.4. The number of halogens is 7. The van der Waals surface area contributed by atoms with Gasteiger partial charge in [0.25, 0.3) is 5.91 Å². The first-order chi connectivity index (χ1) is 34.9. The molecule has 4 atom stereocenters. The standard InChI is InChI=1S/C50H53F7N12O4/c1-3-29-18-36(40(71)20-39(29)70)45-63-64-46(47(72)59-27-49(52,53)54)69(45)32-12-8-28(9-13-32)22-66-14-16-67(17-15-66)33-19-34(65(2)25-33)26-73-48-61-43-37(44(62-48)68-23-30-10-11-31(24-68)60-30)21-58-42(41(43)51)35-6-4-5-7-38(35)50(55,56)57/h4-9,12-13,18,20-21,30-31,33-34,60,70-71H,3,10-11,14-17,19,22-27H2,1-2H3,(H,59,72)/t30?,31?,33-,34-/m0/s1. The smallest absolute Gasteiger partial charge is 0.417 e. The van der Waals surface area contributed by atoms with E-state index in [2.05, 4.69) is 45.1 Å². The Hall–Kier alpha value is -6.69. The van der Waals surface area contributed by atoms with Gasteiger partial charge in [0.05, 0.1) is 16.5 Å². The van der Waals surface area contributed by atoms with Crippen LogP contribution >= 0.6 is 0 Å². The van der Waals surface area contributed by atoms with Gasteiger partial charge in [-0.2, -0.15) is 36.3 Å². The van der Waals surface area contributed by atoms with Crippen LogP contribution in [-0.4, -0.2) is 157 Å². The van der Waals surface area contributed by atoms with E-state index in [1.807, 2.05) is 24.5 Å². The maximum atomic E-state index is 16.6. The molecule has 4 aliphatic heterocycles. The van der Waals surface area contributed by atoms with Gasteiger partial charge in [-0.1, -0.05) is 37.3 Å². The first-order valence-corrected chi connectivity index (χ1v) is 24.2. The number of likely N-dealkylation sites (tertiary alicyclic amines) is 1. The topological polar surface area (TPSA) is 173 Å². The lowest BCUT2D eigenvalue weighted by Crippen LogP contribution is -2.51. The Balaban J connectivity index is 0.803. The second-order valence-electron chi connectivity index (χ2n) is 19.2. The van der Waals surface area contributed by atoms with Crippen molar-refractivity contribution in [3.8, 4) is 45.8 Å². The number of pyridine rings is 1. The minimum atomic E-state index is -4.74. The number of aryl methyl sites for hydroxylation is 1. The van der Waals surface area contributed by atoms with Gasteiger partial charge < -0.3 is 30.5 Å². The first-order valence-electron chi connectivity index (χ1n) is 24.2. The van der Waals surface area contributed by atoms with E-state index in [9.17, 15) is 41.4 Å². The van der Waals surface area contributed by atoms with E-state index < -0.39 is 47.7 Å². The zero-order chi connectivity index (χ0) is 51.3. The zero-order valence-corrected chi connectivity index (χ0v) is 39.9. The van der Waals surface area contributed by atoms with Crippen molar-refractivity contribution >= 4 is 22.6 Å². The Kier molecular flexibility index (Phi) is 13.6. The number of piperazine rings is 2. The molecule has 386 valence electrons. The van der Waals surface area contributed by atoms with Gasteiger partial charge in [-0.25, -0.2) is 4.39 Å². The number of carbonyl (C=O) groups is 1. The summed E-state index contributed by atoms with van der Waals surface area (Å²) in [5, 5.41) is 34.9. The molecule has 4 N–H and O–H groups in total. The van der Waals surface area contributed by atoms with Gasteiger partial charge in [0.2, 0.25) is 5.82 Å². The van der Waals surface area contributed by atoms with Crippen molar-refractivity contribution in [3.05, 3.63) is 95.2 Å².